The number of aliphatic hydroxyl groups is 1. The maximum atomic E-state index is 10.8. The Labute approximate surface area is 197 Å². The van der Waals surface area contributed by atoms with Gasteiger partial charge in [-0.15, -0.1) is 0 Å². The zero-order chi connectivity index (χ0) is 22.7. The molecule has 0 bridgehead atoms. The van der Waals surface area contributed by atoms with Crippen LogP contribution in [0.3, 0.4) is 0 Å². The maximum Gasteiger partial charge on any atom is 1.00 e. The van der Waals surface area contributed by atoms with Gasteiger partial charge in [0.2, 0.25) is 0 Å². The third kappa shape index (κ3) is 3.22. The quantitative estimate of drug-likeness (QED) is 0.515. The molecule has 172 valence electrons. The molecule has 7 atom stereocenters. The van der Waals surface area contributed by atoms with Gasteiger partial charge in [0, 0.05) is 0 Å². The second-order valence-corrected chi connectivity index (χ2v) is 12.4. The average molecular weight is 432 g/mol. The molecule has 0 unspecified atom stereocenters. The van der Waals surface area contributed by atoms with Crippen LogP contribution in [0.5, 0.6) is 0 Å². The first-order valence-electron chi connectivity index (χ1n) is 13.0. The summed E-state index contributed by atoms with van der Waals surface area (Å²) in [6, 6.07) is 10.7. The van der Waals surface area contributed by atoms with Crippen LogP contribution in [-0.4, -0.2) is 11.2 Å². The van der Waals surface area contributed by atoms with E-state index >= 15 is 0 Å². The fourth-order valence-electron chi connectivity index (χ4n) is 8.55. The molecule has 1 aromatic rings. The highest BCUT2D eigenvalue weighted by Gasteiger charge is 2.58. The van der Waals surface area contributed by atoms with Gasteiger partial charge in [-0.3, -0.25) is 0 Å². The summed E-state index contributed by atoms with van der Waals surface area (Å²) in [6.45, 7) is 12.1. The lowest BCUT2D eigenvalue weighted by atomic mass is 9.46. The number of fused-ring (bicyclic) bond motifs is 4. The fraction of sp³-hybridized carbons (Fsp3) is 0.613. The van der Waals surface area contributed by atoms with Crippen molar-refractivity contribution in [2.75, 3.05) is 0 Å². The molecular formula is C31H43O+. The summed E-state index contributed by atoms with van der Waals surface area (Å²) in [4.78, 5) is 0. The molecule has 0 heterocycles. The van der Waals surface area contributed by atoms with Crippen LogP contribution in [0.25, 0.3) is 6.08 Å². The highest BCUT2D eigenvalue weighted by molar-refractivity contribution is 5.49. The van der Waals surface area contributed by atoms with Crippen molar-refractivity contribution in [3.8, 4) is 0 Å². The molecule has 0 aromatic heterocycles. The second-order valence-electron chi connectivity index (χ2n) is 12.4. The highest BCUT2D eigenvalue weighted by atomic mass is 16.3. The SMILES string of the molecule is C[C@H](/C=C/c1ccccc1)[C@H]1CCC2=C3C=C[C@H]4C(C)(C)[C@@H](O)CC[C@]4(C)[C@H]3CC[C@@]21C.[H+]. The molecule has 1 nitrogen and oxygen atoms in total. The number of allylic oxidation sites excluding steroid dienone is 5. The van der Waals surface area contributed by atoms with E-state index < -0.39 is 0 Å². The van der Waals surface area contributed by atoms with Crippen molar-refractivity contribution in [2.45, 2.75) is 79.2 Å². The summed E-state index contributed by atoms with van der Waals surface area (Å²) in [5.41, 5.74) is 5.36. The van der Waals surface area contributed by atoms with Gasteiger partial charge in [-0.25, -0.2) is 0 Å². The topological polar surface area (TPSA) is 20.2 Å². The van der Waals surface area contributed by atoms with Crippen molar-refractivity contribution in [1.82, 2.24) is 0 Å². The summed E-state index contributed by atoms with van der Waals surface area (Å²) in [5, 5.41) is 10.8. The molecule has 0 amide bonds. The number of rotatable bonds is 3. The van der Waals surface area contributed by atoms with Crippen LogP contribution in [0.4, 0.5) is 0 Å². The first kappa shape index (κ1) is 22.2. The van der Waals surface area contributed by atoms with Gasteiger partial charge in [-0.1, -0.05) is 94.8 Å². The lowest BCUT2D eigenvalue weighted by Gasteiger charge is -2.59. The largest absolute Gasteiger partial charge is 1.00 e. The van der Waals surface area contributed by atoms with Crippen LogP contribution >= 0.6 is 0 Å². The fourth-order valence-corrected chi connectivity index (χ4v) is 8.55. The summed E-state index contributed by atoms with van der Waals surface area (Å²) in [6.07, 6.45) is 17.0. The minimum Gasteiger partial charge on any atom is -0.393 e. The Bertz CT molecular complexity index is 956. The van der Waals surface area contributed by atoms with Gasteiger partial charge >= 0.3 is 1.43 Å². The van der Waals surface area contributed by atoms with Gasteiger partial charge in [-0.05, 0) is 89.6 Å². The molecule has 1 heteroatoms. The lowest BCUT2D eigenvalue weighted by Crippen LogP contribution is -2.54. The first-order valence-corrected chi connectivity index (χ1v) is 13.0. The van der Waals surface area contributed by atoms with E-state index in [0.29, 0.717) is 23.2 Å². The van der Waals surface area contributed by atoms with Crippen LogP contribution in [0, 0.1) is 39.9 Å². The lowest BCUT2D eigenvalue weighted by molar-refractivity contribution is -0.0975. The van der Waals surface area contributed by atoms with Crippen LogP contribution in [0.15, 0.2) is 59.7 Å². The molecule has 1 N–H and O–H groups in total. The van der Waals surface area contributed by atoms with E-state index in [1.807, 2.05) is 0 Å². The zero-order valence-electron chi connectivity index (χ0n) is 21.8. The normalized spacial score (nSPS) is 41.3. The molecule has 0 aliphatic heterocycles. The third-order valence-electron chi connectivity index (χ3n) is 10.5. The number of benzene rings is 1. The van der Waals surface area contributed by atoms with Gasteiger partial charge in [0.25, 0.3) is 0 Å². The van der Waals surface area contributed by atoms with E-state index in [0.717, 1.165) is 18.8 Å². The van der Waals surface area contributed by atoms with E-state index in [1.54, 1.807) is 11.1 Å². The monoisotopic (exact) mass is 431 g/mol. The van der Waals surface area contributed by atoms with Gasteiger partial charge in [-0.2, -0.15) is 0 Å². The standard InChI is InChI=1S/C31H42O/c1-21(11-12-22-9-7-6-8-10-22)24-14-15-25-23-13-16-27-29(2,3)28(32)18-20-31(27,5)26(23)17-19-30(24,25)4/h6-13,16,21,24,26-28,32H,14-15,17-20H2,1-5H3/p+1/b12-11+/t21-,24-,26+,27+,28+,30-,31-/m1/s1. The number of aliphatic hydroxyl groups excluding tert-OH is 1. The minimum atomic E-state index is -0.179. The molecular weight excluding hydrogens is 388 g/mol. The molecule has 0 spiro atoms. The summed E-state index contributed by atoms with van der Waals surface area (Å²) >= 11 is 0. The predicted molar refractivity (Wildman–Crippen MR) is 136 cm³/mol. The Balaban J connectivity index is 0.00000259. The Morgan fingerprint density at radius 1 is 1.03 bits per heavy atom. The van der Waals surface area contributed by atoms with Gasteiger partial charge in [0.1, 0.15) is 0 Å². The van der Waals surface area contributed by atoms with Crippen LogP contribution < -0.4 is 0 Å². The summed E-state index contributed by atoms with van der Waals surface area (Å²) < 4.78 is 0. The summed E-state index contributed by atoms with van der Waals surface area (Å²) in [7, 11) is 0. The molecule has 2 saturated carbocycles. The molecule has 4 aliphatic carbocycles. The van der Waals surface area contributed by atoms with Crippen molar-refractivity contribution in [1.29, 1.82) is 0 Å². The van der Waals surface area contributed by atoms with E-state index in [1.165, 1.54) is 31.2 Å². The van der Waals surface area contributed by atoms with E-state index in [2.05, 4.69) is 89.3 Å². The van der Waals surface area contributed by atoms with Crippen molar-refractivity contribution in [3.63, 3.8) is 0 Å². The molecule has 4 aliphatic rings. The van der Waals surface area contributed by atoms with Crippen LogP contribution in [-0.2, 0) is 0 Å². The minimum absolute atomic E-state index is 0. The van der Waals surface area contributed by atoms with Crippen molar-refractivity contribution in [2.24, 2.45) is 39.9 Å². The van der Waals surface area contributed by atoms with E-state index in [-0.39, 0.29) is 18.4 Å². The average Bonchev–Trinajstić information content (AvgIpc) is 3.13. The Morgan fingerprint density at radius 3 is 2.53 bits per heavy atom. The Hall–Kier alpha value is -1.60. The third-order valence-corrected chi connectivity index (χ3v) is 10.5. The Kier molecular flexibility index (Phi) is 5.36. The zero-order valence-corrected chi connectivity index (χ0v) is 20.8. The number of hydrogen-bond acceptors (Lipinski definition) is 1. The van der Waals surface area contributed by atoms with Crippen molar-refractivity contribution >= 4 is 6.08 Å². The highest BCUT2D eigenvalue weighted by Crippen LogP contribution is 2.66. The van der Waals surface area contributed by atoms with Crippen LogP contribution in [0.1, 0.15) is 80.1 Å². The molecule has 0 saturated heterocycles. The molecule has 0 radical (unpaired) electrons. The molecule has 2 fully saturated rings. The summed E-state index contributed by atoms with van der Waals surface area (Å²) in [5.74, 6) is 2.47. The molecule has 32 heavy (non-hydrogen) atoms. The Morgan fingerprint density at radius 2 is 1.78 bits per heavy atom. The van der Waals surface area contributed by atoms with E-state index in [4.69, 9.17) is 0 Å². The van der Waals surface area contributed by atoms with Gasteiger partial charge in [0.05, 0.1) is 6.10 Å². The number of hydrogen-bond donors (Lipinski definition) is 1. The molecule has 1 aromatic carbocycles. The smallest absolute Gasteiger partial charge is 0.393 e. The second kappa shape index (κ2) is 7.73. The molecule has 5 rings (SSSR count). The van der Waals surface area contributed by atoms with Crippen molar-refractivity contribution in [3.05, 3.63) is 65.3 Å². The first-order chi connectivity index (χ1) is 15.2. The van der Waals surface area contributed by atoms with E-state index in [9.17, 15) is 5.11 Å². The predicted octanol–water partition coefficient (Wildman–Crippen LogP) is 7.94. The van der Waals surface area contributed by atoms with Gasteiger partial charge in [0.15, 0.2) is 0 Å². The van der Waals surface area contributed by atoms with Crippen molar-refractivity contribution < 1.29 is 6.53 Å². The van der Waals surface area contributed by atoms with Crippen LogP contribution in [0.2, 0.25) is 0 Å². The maximum absolute atomic E-state index is 10.8. The van der Waals surface area contributed by atoms with Gasteiger partial charge < -0.3 is 5.11 Å².